The maximum Gasteiger partial charge on any atom is 0.0104 e. The summed E-state index contributed by atoms with van der Waals surface area (Å²) in [6.07, 6.45) is 8.44. The molecule has 2 heteroatoms. The first-order valence-corrected chi connectivity index (χ1v) is 7.14. The molecule has 1 rings (SSSR count). The van der Waals surface area contributed by atoms with Gasteiger partial charge in [0.1, 0.15) is 0 Å². The lowest BCUT2D eigenvalue weighted by atomic mass is 9.81. The van der Waals surface area contributed by atoms with Crippen LogP contribution in [-0.4, -0.2) is 37.6 Å². The van der Waals surface area contributed by atoms with Crippen molar-refractivity contribution in [3.63, 3.8) is 0 Å². The van der Waals surface area contributed by atoms with Gasteiger partial charge in [0.25, 0.3) is 0 Å². The largest absolute Gasteiger partial charge is 0.313 e. The summed E-state index contributed by atoms with van der Waals surface area (Å²) >= 11 is 0. The second-order valence-electron chi connectivity index (χ2n) is 5.54. The molecular formula is C14H30N2. The van der Waals surface area contributed by atoms with Crippen LogP contribution in [0.25, 0.3) is 0 Å². The zero-order chi connectivity index (χ0) is 11.8. The van der Waals surface area contributed by atoms with Gasteiger partial charge in [-0.05, 0) is 39.3 Å². The van der Waals surface area contributed by atoms with Gasteiger partial charge in [-0.25, -0.2) is 0 Å². The summed E-state index contributed by atoms with van der Waals surface area (Å²) in [5.74, 6) is 1.03. The van der Waals surface area contributed by atoms with Crippen molar-refractivity contribution in [2.24, 2.45) is 5.92 Å². The van der Waals surface area contributed by atoms with E-state index in [4.69, 9.17) is 0 Å². The zero-order valence-electron chi connectivity index (χ0n) is 11.5. The Labute approximate surface area is 102 Å². The molecule has 0 heterocycles. The molecule has 0 amide bonds. The number of hydrogen-bond acceptors (Lipinski definition) is 2. The van der Waals surface area contributed by atoms with Crippen LogP contribution in [0.5, 0.6) is 0 Å². The molecule has 16 heavy (non-hydrogen) atoms. The molecule has 2 nitrogen and oxygen atoms in total. The van der Waals surface area contributed by atoms with Crippen molar-refractivity contribution >= 4 is 0 Å². The van der Waals surface area contributed by atoms with Gasteiger partial charge in [-0.3, -0.25) is 0 Å². The Hall–Kier alpha value is -0.0800. The summed E-state index contributed by atoms with van der Waals surface area (Å²) in [7, 11) is 2.23. The molecule has 0 aromatic carbocycles. The topological polar surface area (TPSA) is 15.3 Å². The van der Waals surface area contributed by atoms with Crippen LogP contribution in [0, 0.1) is 5.92 Å². The van der Waals surface area contributed by atoms with Gasteiger partial charge in [0.2, 0.25) is 0 Å². The molecule has 1 aliphatic carbocycles. The molecule has 0 bridgehead atoms. The van der Waals surface area contributed by atoms with E-state index in [0.717, 1.165) is 12.5 Å². The van der Waals surface area contributed by atoms with Crippen LogP contribution in [-0.2, 0) is 0 Å². The van der Waals surface area contributed by atoms with E-state index in [-0.39, 0.29) is 0 Å². The molecule has 1 aliphatic rings. The summed E-state index contributed by atoms with van der Waals surface area (Å²) in [4.78, 5) is 2.44. The highest BCUT2D eigenvalue weighted by Crippen LogP contribution is 2.30. The zero-order valence-corrected chi connectivity index (χ0v) is 11.5. The lowest BCUT2D eigenvalue weighted by Crippen LogP contribution is -2.36. The Kier molecular flexibility index (Phi) is 7.06. The van der Waals surface area contributed by atoms with E-state index >= 15 is 0 Å². The number of hydrogen-bond donors (Lipinski definition) is 1. The van der Waals surface area contributed by atoms with E-state index in [2.05, 4.69) is 31.1 Å². The van der Waals surface area contributed by atoms with E-state index in [0.29, 0.717) is 6.04 Å². The molecule has 1 saturated carbocycles. The fourth-order valence-corrected chi connectivity index (χ4v) is 2.35. The molecule has 0 aromatic heterocycles. The number of nitrogens with zero attached hydrogens (tertiary/aromatic N) is 1. The Balaban J connectivity index is 1.92. The van der Waals surface area contributed by atoms with Gasteiger partial charge >= 0.3 is 0 Å². The lowest BCUT2D eigenvalue weighted by molar-refractivity contribution is 0.258. The number of likely N-dealkylation sites (N-methyl/N-ethyl adjacent to an activating group) is 1. The minimum Gasteiger partial charge on any atom is -0.313 e. The van der Waals surface area contributed by atoms with E-state index < -0.39 is 0 Å². The molecule has 1 unspecified atom stereocenters. The highest BCUT2D eigenvalue weighted by molar-refractivity contribution is 4.74. The average Bonchev–Trinajstić information content (AvgIpc) is 2.20. The van der Waals surface area contributed by atoms with Crippen molar-refractivity contribution in [2.75, 3.05) is 26.7 Å². The normalized spacial score (nSPS) is 18.8. The maximum absolute atomic E-state index is 3.65. The smallest absolute Gasteiger partial charge is 0.0104 e. The Morgan fingerprint density at radius 3 is 2.62 bits per heavy atom. The fourth-order valence-electron chi connectivity index (χ4n) is 2.35. The predicted molar refractivity (Wildman–Crippen MR) is 71.8 cm³/mol. The molecule has 1 N–H and O–H groups in total. The molecule has 0 aromatic rings. The summed E-state index contributed by atoms with van der Waals surface area (Å²) in [6.45, 7) is 8.18. The molecule has 0 aliphatic heterocycles. The molecule has 0 spiro atoms. The monoisotopic (exact) mass is 226 g/mol. The van der Waals surface area contributed by atoms with Crippen molar-refractivity contribution in [1.29, 1.82) is 0 Å². The van der Waals surface area contributed by atoms with Gasteiger partial charge in [-0.1, -0.05) is 32.6 Å². The molecular weight excluding hydrogens is 196 g/mol. The average molecular weight is 226 g/mol. The second kappa shape index (κ2) is 8.08. The maximum atomic E-state index is 3.65. The van der Waals surface area contributed by atoms with Crippen LogP contribution in [0.3, 0.4) is 0 Å². The second-order valence-corrected chi connectivity index (χ2v) is 5.54. The van der Waals surface area contributed by atoms with Crippen LogP contribution >= 0.6 is 0 Å². The Bertz CT molecular complexity index is 166. The SMILES string of the molecule is CCCCN(C)CCNC(C)CC1CCC1. The standard InChI is InChI=1S/C14H30N2/c1-4-5-10-16(3)11-9-15-13(2)12-14-7-6-8-14/h13-15H,4-12H2,1-3H3. The van der Waals surface area contributed by atoms with Crippen LogP contribution in [0.15, 0.2) is 0 Å². The molecule has 0 radical (unpaired) electrons. The molecule has 96 valence electrons. The van der Waals surface area contributed by atoms with E-state index in [1.807, 2.05) is 0 Å². The minimum absolute atomic E-state index is 0.713. The van der Waals surface area contributed by atoms with Gasteiger partial charge in [-0.15, -0.1) is 0 Å². The first-order valence-electron chi connectivity index (χ1n) is 7.14. The third-order valence-electron chi connectivity index (χ3n) is 3.79. The van der Waals surface area contributed by atoms with E-state index in [9.17, 15) is 0 Å². The Morgan fingerprint density at radius 1 is 1.31 bits per heavy atom. The molecule has 1 atom stereocenters. The molecule has 0 saturated heterocycles. The van der Waals surface area contributed by atoms with Crippen LogP contribution in [0.4, 0.5) is 0 Å². The summed E-state index contributed by atoms with van der Waals surface area (Å²) in [5, 5.41) is 3.65. The third-order valence-corrected chi connectivity index (χ3v) is 3.79. The first-order chi connectivity index (χ1) is 7.72. The van der Waals surface area contributed by atoms with Gasteiger partial charge in [0.05, 0.1) is 0 Å². The third kappa shape index (κ3) is 5.86. The first kappa shape index (κ1) is 14.0. The number of rotatable bonds is 9. The highest BCUT2D eigenvalue weighted by atomic mass is 15.1. The summed E-state index contributed by atoms with van der Waals surface area (Å²) in [6, 6.07) is 0.713. The van der Waals surface area contributed by atoms with Gasteiger partial charge in [-0.2, -0.15) is 0 Å². The molecule has 1 fully saturated rings. The van der Waals surface area contributed by atoms with Crippen molar-refractivity contribution < 1.29 is 0 Å². The Morgan fingerprint density at radius 2 is 2.06 bits per heavy atom. The summed E-state index contributed by atoms with van der Waals surface area (Å²) < 4.78 is 0. The van der Waals surface area contributed by atoms with Gasteiger partial charge in [0.15, 0.2) is 0 Å². The van der Waals surface area contributed by atoms with E-state index in [1.165, 1.54) is 51.6 Å². The lowest BCUT2D eigenvalue weighted by Gasteiger charge is -2.29. The van der Waals surface area contributed by atoms with Crippen molar-refractivity contribution in [2.45, 2.75) is 58.4 Å². The number of nitrogens with one attached hydrogen (secondary N) is 1. The van der Waals surface area contributed by atoms with Crippen LogP contribution in [0.2, 0.25) is 0 Å². The van der Waals surface area contributed by atoms with Crippen molar-refractivity contribution in [3.05, 3.63) is 0 Å². The van der Waals surface area contributed by atoms with Crippen LogP contribution in [0.1, 0.15) is 52.4 Å². The van der Waals surface area contributed by atoms with Crippen LogP contribution < -0.4 is 5.32 Å². The summed E-state index contributed by atoms with van der Waals surface area (Å²) in [5.41, 5.74) is 0. The van der Waals surface area contributed by atoms with Crippen molar-refractivity contribution in [3.8, 4) is 0 Å². The number of unbranched alkanes of at least 4 members (excludes halogenated alkanes) is 1. The van der Waals surface area contributed by atoms with E-state index in [1.54, 1.807) is 0 Å². The minimum atomic E-state index is 0.713. The van der Waals surface area contributed by atoms with Gasteiger partial charge < -0.3 is 10.2 Å². The predicted octanol–water partition coefficient (Wildman–Crippen LogP) is 2.89. The highest BCUT2D eigenvalue weighted by Gasteiger charge is 2.19. The van der Waals surface area contributed by atoms with Gasteiger partial charge in [0, 0.05) is 19.1 Å². The quantitative estimate of drug-likeness (QED) is 0.650. The van der Waals surface area contributed by atoms with Crippen molar-refractivity contribution in [1.82, 2.24) is 10.2 Å². The fraction of sp³-hybridized carbons (Fsp3) is 1.00.